The van der Waals surface area contributed by atoms with Gasteiger partial charge in [0.1, 0.15) is 5.75 Å². The molecule has 0 aliphatic carbocycles. The minimum absolute atomic E-state index is 0.842. The zero-order valence-electron chi connectivity index (χ0n) is 16.9. The van der Waals surface area contributed by atoms with Crippen LogP contribution < -0.4 is 10.1 Å². The molecule has 0 radical (unpaired) electrons. The molecular formula is C25H22N4O. The second-order valence-corrected chi connectivity index (χ2v) is 7.27. The van der Waals surface area contributed by atoms with Crippen LogP contribution in [0.15, 0.2) is 73.2 Å². The fraction of sp³-hybridized carbons (Fsp3) is 0.120. The van der Waals surface area contributed by atoms with Gasteiger partial charge in [-0.05, 0) is 48.5 Å². The number of pyridine rings is 2. The molecule has 0 fully saturated rings. The molecule has 0 bridgehead atoms. The van der Waals surface area contributed by atoms with Crippen LogP contribution in [0.5, 0.6) is 5.75 Å². The Hall–Kier alpha value is -3.70. The van der Waals surface area contributed by atoms with Crippen molar-refractivity contribution in [2.24, 2.45) is 0 Å². The Morgan fingerprint density at radius 3 is 2.57 bits per heavy atom. The first-order valence-electron chi connectivity index (χ1n) is 9.91. The van der Waals surface area contributed by atoms with E-state index in [2.05, 4.69) is 56.7 Å². The molecular weight excluding hydrogens is 372 g/mol. The van der Waals surface area contributed by atoms with E-state index in [1.54, 1.807) is 13.3 Å². The van der Waals surface area contributed by atoms with E-state index >= 15 is 0 Å². The van der Waals surface area contributed by atoms with E-state index in [9.17, 15) is 0 Å². The molecule has 0 amide bonds. The number of aromatic amines is 1. The average Bonchev–Trinajstić information content (AvgIpc) is 3.18. The maximum atomic E-state index is 5.77. The summed E-state index contributed by atoms with van der Waals surface area (Å²) in [5.74, 6) is 0.851. The third-order valence-electron chi connectivity index (χ3n) is 5.41. The van der Waals surface area contributed by atoms with Crippen molar-refractivity contribution in [3.63, 3.8) is 0 Å². The highest BCUT2D eigenvalue weighted by atomic mass is 16.5. The second-order valence-electron chi connectivity index (χ2n) is 7.27. The van der Waals surface area contributed by atoms with Crippen molar-refractivity contribution < 1.29 is 4.74 Å². The van der Waals surface area contributed by atoms with Crippen LogP contribution in [0, 0.1) is 0 Å². The van der Waals surface area contributed by atoms with E-state index in [1.165, 1.54) is 5.56 Å². The van der Waals surface area contributed by atoms with Gasteiger partial charge in [-0.15, -0.1) is 0 Å². The number of aromatic nitrogens is 3. The van der Waals surface area contributed by atoms with Crippen LogP contribution in [0.1, 0.15) is 5.56 Å². The molecule has 0 saturated carbocycles. The minimum atomic E-state index is 0.842. The van der Waals surface area contributed by atoms with Crippen LogP contribution >= 0.6 is 0 Å². The van der Waals surface area contributed by atoms with Crippen molar-refractivity contribution in [1.29, 1.82) is 0 Å². The lowest BCUT2D eigenvalue weighted by Crippen LogP contribution is -2.04. The number of hydrogen-bond acceptors (Lipinski definition) is 4. The highest BCUT2D eigenvalue weighted by molar-refractivity contribution is 6.16. The number of methoxy groups -OCH3 is 1. The van der Waals surface area contributed by atoms with Crippen molar-refractivity contribution in [2.75, 3.05) is 14.2 Å². The predicted molar refractivity (Wildman–Crippen MR) is 122 cm³/mol. The normalized spacial score (nSPS) is 11.3. The first-order valence-corrected chi connectivity index (χ1v) is 9.91. The Bertz CT molecular complexity index is 1320. The Kier molecular flexibility index (Phi) is 4.65. The Morgan fingerprint density at radius 1 is 0.967 bits per heavy atom. The van der Waals surface area contributed by atoms with E-state index in [0.29, 0.717) is 0 Å². The van der Waals surface area contributed by atoms with E-state index in [0.717, 1.165) is 56.5 Å². The summed E-state index contributed by atoms with van der Waals surface area (Å²) >= 11 is 0. The number of rotatable bonds is 5. The molecule has 0 aliphatic heterocycles. The van der Waals surface area contributed by atoms with Gasteiger partial charge in [0.25, 0.3) is 0 Å². The lowest BCUT2D eigenvalue weighted by Gasteiger charge is -2.12. The van der Waals surface area contributed by atoms with Gasteiger partial charge in [0.2, 0.25) is 0 Å². The Morgan fingerprint density at radius 2 is 1.83 bits per heavy atom. The fourth-order valence-electron chi connectivity index (χ4n) is 4.00. The summed E-state index contributed by atoms with van der Waals surface area (Å²) in [5, 5.41) is 5.45. The molecule has 0 spiro atoms. The number of fused-ring (bicyclic) bond motifs is 3. The molecule has 5 aromatic rings. The lowest BCUT2D eigenvalue weighted by molar-refractivity contribution is 0.417. The van der Waals surface area contributed by atoms with Gasteiger partial charge in [-0.25, -0.2) is 0 Å². The van der Waals surface area contributed by atoms with E-state index in [-0.39, 0.29) is 0 Å². The molecule has 0 unspecified atom stereocenters. The Balaban J connectivity index is 1.77. The average molecular weight is 394 g/mol. The largest absolute Gasteiger partial charge is 0.496 e. The summed E-state index contributed by atoms with van der Waals surface area (Å²) in [6.07, 6.45) is 5.50. The van der Waals surface area contributed by atoms with Crippen molar-refractivity contribution in [3.05, 3.63) is 78.8 Å². The summed E-state index contributed by atoms with van der Waals surface area (Å²) in [4.78, 5) is 12.4. The van der Waals surface area contributed by atoms with Gasteiger partial charge < -0.3 is 15.0 Å². The molecule has 30 heavy (non-hydrogen) atoms. The maximum absolute atomic E-state index is 5.77. The first-order chi connectivity index (χ1) is 14.8. The number of ether oxygens (including phenoxy) is 1. The van der Waals surface area contributed by atoms with Gasteiger partial charge in [0.05, 0.1) is 24.5 Å². The summed E-state index contributed by atoms with van der Waals surface area (Å²) in [6, 6.07) is 18.8. The SMILES string of the molecule is CNCc1ccc(-c2c(OC)ccc3[nH]c4cnc(-c5cccnc5)cc4c23)cc1. The van der Waals surface area contributed by atoms with Gasteiger partial charge in [-0.1, -0.05) is 24.3 Å². The molecule has 3 heterocycles. The monoisotopic (exact) mass is 394 g/mol. The zero-order chi connectivity index (χ0) is 20.5. The molecule has 148 valence electrons. The number of benzene rings is 2. The van der Waals surface area contributed by atoms with Crippen molar-refractivity contribution in [1.82, 2.24) is 20.3 Å². The molecule has 0 saturated heterocycles. The van der Waals surface area contributed by atoms with Crippen LogP contribution in [-0.4, -0.2) is 29.1 Å². The van der Waals surface area contributed by atoms with Gasteiger partial charge >= 0.3 is 0 Å². The summed E-state index contributed by atoms with van der Waals surface area (Å²) in [6.45, 7) is 0.842. The predicted octanol–water partition coefficient (Wildman–Crippen LogP) is 5.17. The molecule has 5 heteroatoms. The molecule has 2 aromatic carbocycles. The third-order valence-corrected chi connectivity index (χ3v) is 5.41. The molecule has 5 rings (SSSR count). The van der Waals surface area contributed by atoms with Crippen LogP contribution in [0.25, 0.3) is 44.2 Å². The lowest BCUT2D eigenvalue weighted by atomic mass is 9.97. The first kappa shape index (κ1) is 18.3. The fourth-order valence-corrected chi connectivity index (χ4v) is 4.00. The van der Waals surface area contributed by atoms with Crippen molar-refractivity contribution in [3.8, 4) is 28.1 Å². The topological polar surface area (TPSA) is 62.8 Å². The van der Waals surface area contributed by atoms with E-state index in [4.69, 9.17) is 4.74 Å². The van der Waals surface area contributed by atoms with Gasteiger partial charge in [0.15, 0.2) is 0 Å². The van der Waals surface area contributed by atoms with E-state index in [1.807, 2.05) is 37.6 Å². The van der Waals surface area contributed by atoms with Crippen molar-refractivity contribution >= 4 is 21.8 Å². The second kappa shape index (κ2) is 7.61. The van der Waals surface area contributed by atoms with Gasteiger partial charge in [-0.2, -0.15) is 0 Å². The van der Waals surface area contributed by atoms with Crippen LogP contribution in [-0.2, 0) is 6.54 Å². The summed E-state index contributed by atoms with van der Waals surface area (Å²) in [7, 11) is 3.68. The zero-order valence-corrected chi connectivity index (χ0v) is 16.9. The number of hydrogen-bond donors (Lipinski definition) is 2. The van der Waals surface area contributed by atoms with Gasteiger partial charge in [0, 0.05) is 46.4 Å². The number of nitrogens with one attached hydrogen (secondary N) is 2. The quantitative estimate of drug-likeness (QED) is 0.431. The standard InChI is InChI=1S/C25H22N4O/c1-26-13-16-5-7-17(8-6-16)24-23(30-2)10-9-20-25(24)19-12-21(28-15-22(19)29-20)18-4-3-11-27-14-18/h3-12,14-15,26,29H,13H2,1-2H3. The van der Waals surface area contributed by atoms with Crippen LogP contribution in [0.4, 0.5) is 0 Å². The highest BCUT2D eigenvalue weighted by Gasteiger charge is 2.16. The molecule has 5 nitrogen and oxygen atoms in total. The highest BCUT2D eigenvalue weighted by Crippen LogP contribution is 2.41. The van der Waals surface area contributed by atoms with Crippen LogP contribution in [0.2, 0.25) is 0 Å². The van der Waals surface area contributed by atoms with Crippen molar-refractivity contribution in [2.45, 2.75) is 6.54 Å². The van der Waals surface area contributed by atoms with Crippen LogP contribution in [0.3, 0.4) is 0 Å². The maximum Gasteiger partial charge on any atom is 0.127 e. The van der Waals surface area contributed by atoms with E-state index < -0.39 is 0 Å². The minimum Gasteiger partial charge on any atom is -0.496 e. The molecule has 2 N–H and O–H groups in total. The third kappa shape index (κ3) is 3.09. The molecule has 0 aliphatic rings. The summed E-state index contributed by atoms with van der Waals surface area (Å²) in [5.41, 5.74) is 7.40. The smallest absolute Gasteiger partial charge is 0.127 e. The number of nitrogens with zero attached hydrogens (tertiary/aromatic N) is 2. The Labute approximate surface area is 174 Å². The van der Waals surface area contributed by atoms with Gasteiger partial charge in [-0.3, -0.25) is 9.97 Å². The number of H-pyrrole nitrogens is 1. The molecule has 0 atom stereocenters. The summed E-state index contributed by atoms with van der Waals surface area (Å²) < 4.78 is 5.77. The molecule has 3 aromatic heterocycles.